The van der Waals surface area contributed by atoms with E-state index < -0.39 is 256 Å². The maximum absolute atomic E-state index is 15.5. The van der Waals surface area contributed by atoms with Gasteiger partial charge in [-0.15, -0.1) is 0 Å². The average Bonchev–Trinajstić information content (AvgIpc) is 1.26. The largest absolute Gasteiger partial charge is 0.445 e. The number of carbonyl (C=O) groups excluding carboxylic acids is 6. The lowest BCUT2D eigenvalue weighted by Crippen LogP contribution is -2.74. The molecule has 2 saturated carbocycles. The molecular weight excluding hydrogens is 1850 g/mol. The van der Waals surface area contributed by atoms with Crippen molar-refractivity contribution in [1.82, 2.24) is 31.5 Å². The Hall–Kier alpha value is -7.56. The minimum atomic E-state index is -3.30. The predicted molar refractivity (Wildman–Crippen MR) is 536 cm³/mol. The molecular formula is C102H158N6O25Si5. The minimum absolute atomic E-state index is 0.0231. The van der Waals surface area contributed by atoms with Gasteiger partial charge in [0.1, 0.15) is 86.9 Å². The van der Waals surface area contributed by atoms with E-state index in [-0.39, 0.29) is 52.6 Å². The molecule has 6 fully saturated rings. The molecule has 5 aromatic carbocycles. The van der Waals surface area contributed by atoms with Crippen LogP contribution in [0.25, 0.3) is 0 Å². The van der Waals surface area contributed by atoms with Gasteiger partial charge in [-0.1, -0.05) is 256 Å². The van der Waals surface area contributed by atoms with Gasteiger partial charge in [0.05, 0.1) is 68.8 Å². The average molecular weight is 2010 g/mol. The van der Waals surface area contributed by atoms with Crippen molar-refractivity contribution in [3.63, 3.8) is 0 Å². The van der Waals surface area contributed by atoms with Gasteiger partial charge >= 0.3 is 30.5 Å². The summed E-state index contributed by atoms with van der Waals surface area (Å²) in [6, 6.07) is 40.7. The fraction of sp³-hybridized carbons (Fsp3) is 0.647. The number of likely N-dealkylation sites (tertiary alicyclic amines) is 1. The van der Waals surface area contributed by atoms with Gasteiger partial charge < -0.3 is 121 Å². The molecule has 4 heterocycles. The molecule has 0 bridgehead atoms. The molecule has 5 aromatic rings. The molecule has 0 aromatic heterocycles. The predicted octanol–water partition coefficient (Wildman–Crippen LogP) is 17.7. The van der Waals surface area contributed by atoms with Gasteiger partial charge in [0, 0.05) is 18.0 Å². The number of alkyl carbamates (subject to hydrolysis) is 4. The highest BCUT2D eigenvalue weighted by atomic mass is 28.4. The van der Waals surface area contributed by atoms with Gasteiger partial charge in [-0.25, -0.2) is 24.0 Å². The molecule has 0 spiro atoms. The normalized spacial score (nSPS) is 27.4. The second-order valence-corrected chi connectivity index (χ2v) is 70.3. The number of aliphatic hydroxyl groups is 2. The van der Waals surface area contributed by atoms with Crippen molar-refractivity contribution in [2.45, 2.75) is 382 Å². The highest BCUT2D eigenvalue weighted by molar-refractivity contribution is 6.76. The molecule has 6 amide bonds. The molecule has 138 heavy (non-hydrogen) atoms. The minimum Gasteiger partial charge on any atom is -0.445 e. The Kier molecular flexibility index (Phi) is 35.9. The van der Waals surface area contributed by atoms with Gasteiger partial charge in [0.15, 0.2) is 66.1 Å². The zero-order valence-electron chi connectivity index (χ0n) is 86.5. The first-order valence-corrected chi connectivity index (χ1v) is 63.2. The van der Waals surface area contributed by atoms with Crippen LogP contribution in [0.2, 0.25) is 90.7 Å². The molecule has 4 saturated heterocycles. The van der Waals surface area contributed by atoms with E-state index in [1.54, 1.807) is 45.0 Å². The van der Waals surface area contributed by atoms with Gasteiger partial charge in [0.2, 0.25) is 0 Å². The molecule has 36 heteroatoms. The van der Waals surface area contributed by atoms with Crippen LogP contribution in [-0.2, 0) is 110 Å². The molecule has 2 aliphatic carbocycles. The SMILES string of the molecule is CC(C)(C)OC(=O)N1CC(O)(C(=O)N[C@@H]2C[C@H](NC(=O)OCc3ccccc3)[C@@H](O[C@H]3O[C@@H]4COC(c5ccccc5)O[C@H]4[C@H](O[Si](C)(C)C(C)(C)C)[C@H]3NC(=O)OCc3ccccc3)[C@H](O[C@@H]3O[C@H](CO[Si](C)(C)C(C)(C)C)[C@@H](O[C@H]4C[C@@H](CNC(=O)OCc5ccccc5)[C@H](O[Si](C)(C)C(C)(C)C)[C@H](O[Si](C)(C)C(C)(C)C)[C@H]4NC(=O)OCc4ccccc4)[C@H]3O[Si](C)(C)C(C)(C)C)[C@H]2O)C1. The number of aliphatic hydroxyl groups excluding tert-OH is 1. The Morgan fingerprint density at radius 1 is 0.428 bits per heavy atom. The lowest BCUT2D eigenvalue weighted by molar-refractivity contribution is -0.356. The molecule has 6 aliphatic rings. The van der Waals surface area contributed by atoms with Crippen molar-refractivity contribution in [1.29, 1.82) is 0 Å². The van der Waals surface area contributed by atoms with E-state index in [0.29, 0.717) is 16.7 Å². The third-order valence-corrected chi connectivity index (χ3v) is 51.9. The number of hydrogen-bond donors (Lipinski definition) is 7. The molecule has 1 unspecified atom stereocenters. The molecule has 20 atom stereocenters. The van der Waals surface area contributed by atoms with Crippen LogP contribution in [0.1, 0.15) is 172 Å². The van der Waals surface area contributed by atoms with Crippen molar-refractivity contribution in [2.75, 3.05) is 32.8 Å². The van der Waals surface area contributed by atoms with Crippen molar-refractivity contribution >= 4 is 78.0 Å². The van der Waals surface area contributed by atoms with Gasteiger partial charge in [-0.2, -0.15) is 0 Å². The molecule has 11 rings (SSSR count). The number of fused-ring (bicyclic) bond motifs is 1. The number of carbonyl (C=O) groups is 6. The first kappa shape index (κ1) is 111. The fourth-order valence-corrected chi connectivity index (χ4v) is 22.4. The van der Waals surface area contributed by atoms with Crippen LogP contribution in [-0.4, -0.2) is 247 Å². The van der Waals surface area contributed by atoms with E-state index >= 15 is 19.2 Å². The lowest BCUT2D eigenvalue weighted by atomic mass is 9.79. The summed E-state index contributed by atoms with van der Waals surface area (Å²) in [5, 5.41) is 40.0. The number of nitrogens with one attached hydrogen (secondary N) is 5. The summed E-state index contributed by atoms with van der Waals surface area (Å²) in [4.78, 5) is 90.7. The first-order chi connectivity index (χ1) is 64.1. The summed E-state index contributed by atoms with van der Waals surface area (Å²) in [5.41, 5.74) is 0.323. The van der Waals surface area contributed by atoms with E-state index in [2.05, 4.69) is 196 Å². The molecule has 766 valence electrons. The monoisotopic (exact) mass is 2010 g/mol. The van der Waals surface area contributed by atoms with Crippen LogP contribution in [0, 0.1) is 5.92 Å². The van der Waals surface area contributed by atoms with Crippen LogP contribution < -0.4 is 26.6 Å². The Bertz CT molecular complexity index is 4800. The van der Waals surface area contributed by atoms with Crippen molar-refractivity contribution in [2.24, 2.45) is 5.92 Å². The standard InChI is InChI=1S/C102H158N6O25Si5/c1-96(2,3)129-95(115)108-63-102(116,64-108)90(110)104-71-55-72(105-92(112)119-58-66-46-36-30-37-47-66)80(126-88-77(107-94(114)121-60-68-50-40-32-41-51-68)84(132-137(25,26)100(13,14)15)81-74(124-88)61-117-87(127-81)69-52-42-33-43-53-69)85(78(71)109)128-89-86(133-138(27,28)101(16,17)18)82(75(125-89)62-122-134(19,20)97(4,5)6)123-73-54-70(56-103-91(111)118-57-65-44-34-29-35-45-65)79(130-135(21,22)98(7,8)9)83(131-136(23,24)99(10,11)12)76(73)106-93(113)120-59-67-48-38-31-39-49-67/h29-53,70-89,109,116H,54-64H2,1-28H3,(H,103,111)(H,104,110)(H,105,112)(H,106,113)(H,107,114)/t70-,71+,72-,73-,74+,75+,76-,77+,78-,79-,80+,81+,82+,83+,84+,85+,86+,87?,88+,89-/m0/s1. The van der Waals surface area contributed by atoms with Crippen molar-refractivity contribution < 1.29 is 118 Å². The van der Waals surface area contributed by atoms with Crippen molar-refractivity contribution in [3.05, 3.63) is 179 Å². The van der Waals surface area contributed by atoms with Crippen molar-refractivity contribution in [3.8, 4) is 0 Å². The third kappa shape index (κ3) is 28.5. The molecule has 7 N–H and O–H groups in total. The topological polar surface area (TPSA) is 363 Å². The number of β-amino-alcohol motifs (C(OH)–C–C–N with tert-alkyl or cyclic N) is 1. The maximum atomic E-state index is 15.5. The summed E-state index contributed by atoms with van der Waals surface area (Å²) in [6.07, 6.45) is -24.5. The second kappa shape index (κ2) is 44.8. The Balaban J connectivity index is 1.12. The lowest BCUT2D eigenvalue weighted by Gasteiger charge is -2.54. The Labute approximate surface area is 822 Å². The second-order valence-electron chi connectivity index (χ2n) is 46.4. The number of benzene rings is 5. The Morgan fingerprint density at radius 3 is 1.30 bits per heavy atom. The number of nitrogens with zero attached hydrogens (tertiary/aromatic N) is 1. The van der Waals surface area contributed by atoms with Crippen LogP contribution >= 0.6 is 0 Å². The molecule has 31 nitrogen and oxygen atoms in total. The van der Waals surface area contributed by atoms with Crippen LogP contribution in [0.3, 0.4) is 0 Å². The van der Waals surface area contributed by atoms with Crippen LogP contribution in [0.4, 0.5) is 24.0 Å². The summed E-state index contributed by atoms with van der Waals surface area (Å²) in [7, 11) is -15.2. The smallest absolute Gasteiger partial charge is 0.410 e. The van der Waals surface area contributed by atoms with Gasteiger partial charge in [0.25, 0.3) is 5.91 Å². The number of ether oxygens (including phenoxy) is 12. The summed E-state index contributed by atoms with van der Waals surface area (Å²) in [5.74, 6) is -1.67. The molecule has 0 radical (unpaired) electrons. The first-order valence-electron chi connectivity index (χ1n) is 48.6. The quantitative estimate of drug-likeness (QED) is 0.0151. The molecule has 4 aliphatic heterocycles. The summed E-state index contributed by atoms with van der Waals surface area (Å²) in [6.45, 7) is 56.0. The van der Waals surface area contributed by atoms with Gasteiger partial charge in [-0.3, -0.25) is 4.79 Å². The number of amides is 6. The summed E-state index contributed by atoms with van der Waals surface area (Å²) < 4.78 is 121. The van der Waals surface area contributed by atoms with E-state index in [0.717, 1.165) is 11.1 Å². The number of hydrogen-bond acceptors (Lipinski definition) is 25. The van der Waals surface area contributed by atoms with Crippen LogP contribution in [0.15, 0.2) is 152 Å². The third-order valence-electron chi connectivity index (χ3n) is 29.5. The fourth-order valence-electron chi connectivity index (χ4n) is 16.2. The summed E-state index contributed by atoms with van der Waals surface area (Å²) >= 11 is 0. The van der Waals surface area contributed by atoms with E-state index in [1.807, 2.05) is 127 Å². The van der Waals surface area contributed by atoms with E-state index in [1.165, 1.54) is 4.90 Å². The van der Waals surface area contributed by atoms with Crippen LogP contribution in [0.5, 0.6) is 0 Å². The zero-order chi connectivity index (χ0) is 101. The highest BCUT2D eigenvalue weighted by Gasteiger charge is 2.63. The Morgan fingerprint density at radius 2 is 0.841 bits per heavy atom. The van der Waals surface area contributed by atoms with E-state index in [4.69, 9.17) is 79.0 Å². The number of rotatable bonds is 33. The van der Waals surface area contributed by atoms with E-state index in [9.17, 15) is 19.8 Å². The zero-order valence-corrected chi connectivity index (χ0v) is 91.5. The maximum Gasteiger partial charge on any atom is 0.410 e. The van der Waals surface area contributed by atoms with Gasteiger partial charge in [-0.05, 0) is 147 Å². The highest BCUT2D eigenvalue weighted by Crippen LogP contribution is 2.50.